The van der Waals surface area contributed by atoms with Crippen LogP contribution in [0.2, 0.25) is 0 Å². The summed E-state index contributed by atoms with van der Waals surface area (Å²) in [6.45, 7) is 3.38. The average molecular weight is 269 g/mol. The number of pyridine rings is 1. The Bertz CT molecular complexity index is 400. The van der Waals surface area contributed by atoms with Crippen molar-refractivity contribution in [2.24, 2.45) is 0 Å². The maximum absolute atomic E-state index is 11.4. The number of nitrogens with zero attached hydrogens (tertiary/aromatic N) is 2. The van der Waals surface area contributed by atoms with E-state index in [9.17, 15) is 4.79 Å². The van der Waals surface area contributed by atoms with Crippen LogP contribution in [-0.2, 0) is 4.79 Å². The van der Waals surface area contributed by atoms with Gasteiger partial charge in [0, 0.05) is 31.6 Å². The van der Waals surface area contributed by atoms with E-state index in [1.807, 2.05) is 19.1 Å². The molecule has 0 aromatic carbocycles. The number of carbonyl (C=O) groups is 1. The predicted molar refractivity (Wildman–Crippen MR) is 69.9 cm³/mol. The van der Waals surface area contributed by atoms with Crippen LogP contribution in [0.3, 0.4) is 0 Å². The molecule has 1 aromatic heterocycles. The zero-order valence-electron chi connectivity index (χ0n) is 10.4. The Hall–Kier alpha value is -1.29. The van der Waals surface area contributed by atoms with Crippen LogP contribution < -0.4 is 4.74 Å². The normalized spacial score (nSPS) is 16.7. The van der Waals surface area contributed by atoms with E-state index in [4.69, 9.17) is 16.3 Å². The third-order valence-electron chi connectivity index (χ3n) is 3.10. The summed E-state index contributed by atoms with van der Waals surface area (Å²) in [5, 5.41) is 0. The minimum absolute atomic E-state index is 0.00659. The van der Waals surface area contributed by atoms with Gasteiger partial charge in [0.25, 0.3) is 0 Å². The van der Waals surface area contributed by atoms with E-state index in [0.717, 1.165) is 37.4 Å². The molecule has 0 spiro atoms. The van der Waals surface area contributed by atoms with E-state index in [1.54, 1.807) is 11.1 Å². The Labute approximate surface area is 112 Å². The van der Waals surface area contributed by atoms with Gasteiger partial charge in [0.2, 0.25) is 5.91 Å². The van der Waals surface area contributed by atoms with Crippen molar-refractivity contribution in [1.29, 1.82) is 0 Å². The van der Waals surface area contributed by atoms with Gasteiger partial charge in [-0.25, -0.2) is 0 Å². The molecule has 0 aliphatic carbocycles. The molecule has 5 heteroatoms. The van der Waals surface area contributed by atoms with Gasteiger partial charge in [-0.15, -0.1) is 11.6 Å². The number of aryl methyl sites for hydroxylation is 1. The van der Waals surface area contributed by atoms with Gasteiger partial charge in [0.05, 0.1) is 6.20 Å². The standard InChI is InChI=1S/C13H17ClN2O2/c1-10-2-3-12(9-15-10)18-11-4-6-16(7-5-11)13(17)8-14/h2-3,9,11H,4-8H2,1H3. The fourth-order valence-electron chi connectivity index (χ4n) is 2.02. The summed E-state index contributed by atoms with van der Waals surface area (Å²) in [4.78, 5) is 17.4. The third kappa shape index (κ3) is 3.35. The number of alkyl halides is 1. The van der Waals surface area contributed by atoms with E-state index in [2.05, 4.69) is 4.98 Å². The molecular formula is C13H17ClN2O2. The molecule has 2 rings (SSSR count). The summed E-state index contributed by atoms with van der Waals surface area (Å²) in [6.07, 6.45) is 3.59. The molecule has 1 saturated heterocycles. The molecule has 1 aliphatic rings. The highest BCUT2D eigenvalue weighted by atomic mass is 35.5. The van der Waals surface area contributed by atoms with Crippen LogP contribution in [0.4, 0.5) is 0 Å². The van der Waals surface area contributed by atoms with E-state index >= 15 is 0 Å². The third-order valence-corrected chi connectivity index (χ3v) is 3.32. The molecule has 98 valence electrons. The number of hydrogen-bond donors (Lipinski definition) is 0. The highest BCUT2D eigenvalue weighted by Gasteiger charge is 2.23. The summed E-state index contributed by atoms with van der Waals surface area (Å²) in [6, 6.07) is 3.86. The van der Waals surface area contributed by atoms with Crippen molar-refractivity contribution in [3.05, 3.63) is 24.0 Å². The first-order chi connectivity index (χ1) is 8.69. The van der Waals surface area contributed by atoms with Crippen molar-refractivity contribution < 1.29 is 9.53 Å². The number of halogens is 1. The predicted octanol–water partition coefficient (Wildman–Crippen LogP) is 2.00. The van der Waals surface area contributed by atoms with Gasteiger partial charge in [-0.05, 0) is 19.1 Å². The molecule has 2 heterocycles. The van der Waals surface area contributed by atoms with Crippen molar-refractivity contribution in [2.75, 3.05) is 19.0 Å². The molecule has 1 aliphatic heterocycles. The van der Waals surface area contributed by atoms with Crippen molar-refractivity contribution >= 4 is 17.5 Å². The van der Waals surface area contributed by atoms with Crippen LogP contribution in [0.5, 0.6) is 5.75 Å². The molecule has 4 nitrogen and oxygen atoms in total. The lowest BCUT2D eigenvalue weighted by Gasteiger charge is -2.31. The molecule has 0 bridgehead atoms. The Morgan fingerprint density at radius 2 is 2.22 bits per heavy atom. The second kappa shape index (κ2) is 6.05. The van der Waals surface area contributed by atoms with Gasteiger partial charge in [-0.3, -0.25) is 9.78 Å². The number of piperidine rings is 1. The molecule has 1 amide bonds. The smallest absolute Gasteiger partial charge is 0.237 e. The molecule has 0 atom stereocenters. The van der Waals surface area contributed by atoms with Crippen LogP contribution in [-0.4, -0.2) is 40.9 Å². The Kier molecular flexibility index (Phi) is 4.42. The van der Waals surface area contributed by atoms with Crippen LogP contribution >= 0.6 is 11.6 Å². The zero-order chi connectivity index (χ0) is 13.0. The van der Waals surface area contributed by atoms with Gasteiger partial charge in [0.15, 0.2) is 0 Å². The quantitative estimate of drug-likeness (QED) is 0.788. The van der Waals surface area contributed by atoms with Crippen LogP contribution in [0.25, 0.3) is 0 Å². The lowest BCUT2D eigenvalue weighted by atomic mass is 10.1. The number of ether oxygens (including phenoxy) is 1. The zero-order valence-corrected chi connectivity index (χ0v) is 11.2. The molecule has 0 saturated carbocycles. The number of rotatable bonds is 3. The summed E-state index contributed by atoms with van der Waals surface area (Å²) in [7, 11) is 0. The topological polar surface area (TPSA) is 42.4 Å². The lowest BCUT2D eigenvalue weighted by Crippen LogP contribution is -2.42. The molecule has 1 fully saturated rings. The summed E-state index contributed by atoms with van der Waals surface area (Å²) in [5.74, 6) is 0.864. The highest BCUT2D eigenvalue weighted by Crippen LogP contribution is 2.18. The molecule has 0 unspecified atom stereocenters. The van der Waals surface area contributed by atoms with Crippen LogP contribution in [0.1, 0.15) is 18.5 Å². The van der Waals surface area contributed by atoms with E-state index in [0.29, 0.717) is 0 Å². The number of carbonyl (C=O) groups excluding carboxylic acids is 1. The molecule has 0 N–H and O–H groups in total. The second-order valence-electron chi connectivity index (χ2n) is 4.47. The summed E-state index contributed by atoms with van der Waals surface area (Å²) in [5.41, 5.74) is 0.977. The molecule has 18 heavy (non-hydrogen) atoms. The number of likely N-dealkylation sites (tertiary alicyclic amines) is 1. The maximum Gasteiger partial charge on any atom is 0.237 e. The van der Waals surface area contributed by atoms with Crippen molar-refractivity contribution in [2.45, 2.75) is 25.9 Å². The monoisotopic (exact) mass is 268 g/mol. The highest BCUT2D eigenvalue weighted by molar-refractivity contribution is 6.27. The van der Waals surface area contributed by atoms with E-state index < -0.39 is 0 Å². The first-order valence-corrected chi connectivity index (χ1v) is 6.65. The molecular weight excluding hydrogens is 252 g/mol. The van der Waals surface area contributed by atoms with Crippen LogP contribution in [0.15, 0.2) is 18.3 Å². The van der Waals surface area contributed by atoms with Gasteiger partial charge in [-0.1, -0.05) is 0 Å². The fraction of sp³-hybridized carbons (Fsp3) is 0.538. The van der Waals surface area contributed by atoms with Crippen molar-refractivity contribution in [3.8, 4) is 5.75 Å². The average Bonchev–Trinajstić information content (AvgIpc) is 2.41. The van der Waals surface area contributed by atoms with Gasteiger partial charge >= 0.3 is 0 Å². The van der Waals surface area contributed by atoms with Crippen molar-refractivity contribution in [3.63, 3.8) is 0 Å². The Balaban J connectivity index is 1.83. The number of hydrogen-bond acceptors (Lipinski definition) is 3. The summed E-state index contributed by atoms with van der Waals surface area (Å²) < 4.78 is 5.84. The number of aromatic nitrogens is 1. The first kappa shape index (κ1) is 13.1. The van der Waals surface area contributed by atoms with Gasteiger partial charge in [-0.2, -0.15) is 0 Å². The first-order valence-electron chi connectivity index (χ1n) is 6.12. The van der Waals surface area contributed by atoms with Crippen molar-refractivity contribution in [1.82, 2.24) is 9.88 Å². The largest absolute Gasteiger partial charge is 0.489 e. The Morgan fingerprint density at radius 3 is 2.78 bits per heavy atom. The maximum atomic E-state index is 11.4. The molecule has 1 aromatic rings. The minimum Gasteiger partial charge on any atom is -0.489 e. The van der Waals surface area contributed by atoms with Gasteiger partial charge < -0.3 is 9.64 Å². The summed E-state index contributed by atoms with van der Waals surface area (Å²) >= 11 is 5.54. The fourth-order valence-corrected chi connectivity index (χ4v) is 2.19. The Morgan fingerprint density at radius 1 is 1.50 bits per heavy atom. The van der Waals surface area contributed by atoms with E-state index in [-0.39, 0.29) is 17.9 Å². The second-order valence-corrected chi connectivity index (χ2v) is 4.73. The van der Waals surface area contributed by atoms with Crippen LogP contribution in [0, 0.1) is 6.92 Å². The molecule has 0 radical (unpaired) electrons. The lowest BCUT2D eigenvalue weighted by molar-refractivity contribution is -0.130. The SMILES string of the molecule is Cc1ccc(OC2CCN(C(=O)CCl)CC2)cn1. The van der Waals surface area contributed by atoms with E-state index in [1.165, 1.54) is 0 Å². The minimum atomic E-state index is 0.00659. The number of amides is 1. The van der Waals surface area contributed by atoms with Gasteiger partial charge in [0.1, 0.15) is 17.7 Å².